The summed E-state index contributed by atoms with van der Waals surface area (Å²) in [6, 6.07) is 3.22. The lowest BCUT2D eigenvalue weighted by Gasteiger charge is -2.27. The molecular weight excluding hydrogens is 205 g/mol. The Kier molecular flexibility index (Phi) is 5.78. The van der Waals surface area contributed by atoms with E-state index >= 15 is 0 Å². The lowest BCUT2D eigenvalue weighted by Crippen LogP contribution is -2.30. The number of hydrogen-bond donors (Lipinski definition) is 1. The third kappa shape index (κ3) is 4.14. The van der Waals surface area contributed by atoms with E-state index in [0.717, 1.165) is 18.9 Å². The van der Waals surface area contributed by atoms with E-state index in [-0.39, 0.29) is 5.82 Å². The highest BCUT2D eigenvalue weighted by Gasteiger charge is 2.11. The lowest BCUT2D eigenvalue weighted by molar-refractivity contribution is 0.570. The summed E-state index contributed by atoms with van der Waals surface area (Å²) in [7, 11) is 3.75. The van der Waals surface area contributed by atoms with Gasteiger partial charge in [0.2, 0.25) is 0 Å². The molecule has 2 heterocycles. The molecule has 3 nitrogen and oxygen atoms in total. The molecule has 2 rings (SSSR count). The summed E-state index contributed by atoms with van der Waals surface area (Å²) in [5.41, 5.74) is 0. The van der Waals surface area contributed by atoms with Crippen LogP contribution >= 0.6 is 0 Å². The van der Waals surface area contributed by atoms with Crippen LogP contribution < -0.4 is 10.2 Å². The summed E-state index contributed by atoms with van der Waals surface area (Å²) in [5.74, 6) is 0.641. The smallest absolute Gasteiger partial charge is 0.141 e. The van der Waals surface area contributed by atoms with Gasteiger partial charge in [-0.3, -0.25) is 0 Å². The second-order valence-electron chi connectivity index (χ2n) is 3.88. The van der Waals surface area contributed by atoms with Gasteiger partial charge in [0, 0.05) is 13.1 Å². The van der Waals surface area contributed by atoms with Crippen LogP contribution in [0.3, 0.4) is 0 Å². The normalized spacial score (nSPS) is 15.3. The van der Waals surface area contributed by atoms with E-state index in [2.05, 4.69) is 15.2 Å². The van der Waals surface area contributed by atoms with E-state index in [1.807, 2.05) is 14.1 Å². The fourth-order valence-electron chi connectivity index (χ4n) is 1.68. The van der Waals surface area contributed by atoms with Crippen molar-refractivity contribution in [2.75, 3.05) is 32.1 Å². The minimum Gasteiger partial charge on any atom is -0.357 e. The molecule has 0 atom stereocenters. The van der Waals surface area contributed by atoms with Gasteiger partial charge in [-0.15, -0.1) is 0 Å². The van der Waals surface area contributed by atoms with Crippen LogP contribution in [0.2, 0.25) is 0 Å². The quantitative estimate of drug-likeness (QED) is 0.793. The number of nitrogens with one attached hydrogen (secondary N) is 1. The zero-order chi connectivity index (χ0) is 11.8. The zero-order valence-corrected chi connectivity index (χ0v) is 10.0. The van der Waals surface area contributed by atoms with Crippen molar-refractivity contribution in [3.8, 4) is 0 Å². The largest absolute Gasteiger partial charge is 0.357 e. The summed E-state index contributed by atoms with van der Waals surface area (Å²) in [6.45, 7) is 2.11. The molecule has 90 valence electrons. The molecule has 1 aromatic heterocycles. The molecule has 1 saturated heterocycles. The topological polar surface area (TPSA) is 28.2 Å². The first-order valence-corrected chi connectivity index (χ1v) is 5.73. The number of aromatic nitrogens is 1. The molecule has 1 aliphatic heterocycles. The van der Waals surface area contributed by atoms with Gasteiger partial charge >= 0.3 is 0 Å². The average molecular weight is 225 g/mol. The number of nitrogens with zero attached hydrogens (tertiary/aromatic N) is 2. The van der Waals surface area contributed by atoms with E-state index < -0.39 is 0 Å². The van der Waals surface area contributed by atoms with Crippen molar-refractivity contribution < 1.29 is 4.39 Å². The summed E-state index contributed by atoms with van der Waals surface area (Å²) >= 11 is 0. The molecule has 16 heavy (non-hydrogen) atoms. The molecule has 1 fully saturated rings. The first-order valence-electron chi connectivity index (χ1n) is 5.73. The van der Waals surface area contributed by atoms with Gasteiger partial charge in [0.1, 0.15) is 11.6 Å². The Morgan fingerprint density at radius 2 is 1.81 bits per heavy atom. The van der Waals surface area contributed by atoms with E-state index in [4.69, 9.17) is 0 Å². The molecule has 0 unspecified atom stereocenters. The van der Waals surface area contributed by atoms with Gasteiger partial charge in [-0.2, -0.15) is 0 Å². The van der Waals surface area contributed by atoms with Crippen LogP contribution in [0.4, 0.5) is 10.2 Å². The lowest BCUT2D eigenvalue weighted by atomic mass is 10.1. The molecule has 0 bridgehead atoms. The minimum atomic E-state index is -0.263. The standard InChI is InChI=1S/C10H13FN2.C2H7N/c11-9-4-5-10(12-8-9)13-6-2-1-3-7-13;1-3-2/h4-5,8H,1-3,6-7H2;3H,1-2H3. The first-order chi connectivity index (χ1) is 7.77. The number of pyridine rings is 1. The molecule has 0 amide bonds. The van der Waals surface area contributed by atoms with Crippen LogP contribution in [0.25, 0.3) is 0 Å². The van der Waals surface area contributed by atoms with Crippen LogP contribution in [-0.4, -0.2) is 32.2 Å². The first kappa shape index (κ1) is 12.9. The second-order valence-corrected chi connectivity index (χ2v) is 3.88. The van der Waals surface area contributed by atoms with Crippen molar-refractivity contribution in [3.05, 3.63) is 24.1 Å². The third-order valence-corrected chi connectivity index (χ3v) is 2.39. The molecule has 1 aromatic rings. The molecule has 4 heteroatoms. The van der Waals surface area contributed by atoms with Gasteiger partial charge in [-0.05, 0) is 45.5 Å². The van der Waals surface area contributed by atoms with Crippen LogP contribution in [0.5, 0.6) is 0 Å². The van der Waals surface area contributed by atoms with Crippen molar-refractivity contribution in [1.29, 1.82) is 0 Å². The van der Waals surface area contributed by atoms with E-state index in [1.54, 1.807) is 6.07 Å². The highest BCUT2D eigenvalue weighted by atomic mass is 19.1. The second kappa shape index (κ2) is 7.17. The summed E-state index contributed by atoms with van der Waals surface area (Å²) in [5, 5.41) is 2.75. The SMILES string of the molecule is CNC.Fc1ccc(N2CCCCC2)nc1. The highest BCUT2D eigenvalue weighted by molar-refractivity contribution is 5.38. The predicted molar refractivity (Wildman–Crippen MR) is 65.2 cm³/mol. The molecular formula is C12H20FN3. The Morgan fingerprint density at radius 1 is 1.19 bits per heavy atom. The molecule has 1 aliphatic rings. The maximum Gasteiger partial charge on any atom is 0.141 e. The Labute approximate surface area is 96.7 Å². The van der Waals surface area contributed by atoms with Gasteiger partial charge in [0.25, 0.3) is 0 Å². The van der Waals surface area contributed by atoms with Crippen molar-refractivity contribution in [2.45, 2.75) is 19.3 Å². The average Bonchev–Trinajstić information content (AvgIpc) is 2.32. The molecule has 0 saturated carbocycles. The molecule has 0 aromatic carbocycles. The Hall–Kier alpha value is -1.16. The molecule has 0 spiro atoms. The van der Waals surface area contributed by atoms with Gasteiger partial charge in [-0.25, -0.2) is 9.37 Å². The molecule has 0 aliphatic carbocycles. The maximum absolute atomic E-state index is 12.6. The van der Waals surface area contributed by atoms with Crippen molar-refractivity contribution >= 4 is 5.82 Å². The fraction of sp³-hybridized carbons (Fsp3) is 0.583. The Bertz CT molecular complexity index is 281. The Morgan fingerprint density at radius 3 is 2.31 bits per heavy atom. The van der Waals surface area contributed by atoms with Crippen LogP contribution in [0, 0.1) is 5.82 Å². The van der Waals surface area contributed by atoms with Gasteiger partial charge in [0.15, 0.2) is 0 Å². The van der Waals surface area contributed by atoms with E-state index in [0.29, 0.717) is 0 Å². The monoisotopic (exact) mass is 225 g/mol. The van der Waals surface area contributed by atoms with Crippen LogP contribution in [-0.2, 0) is 0 Å². The number of anilines is 1. The Balaban J connectivity index is 0.000000386. The van der Waals surface area contributed by atoms with Crippen LogP contribution in [0.15, 0.2) is 18.3 Å². The van der Waals surface area contributed by atoms with Gasteiger partial charge in [0.05, 0.1) is 6.20 Å². The van der Waals surface area contributed by atoms with E-state index in [1.165, 1.54) is 31.5 Å². The van der Waals surface area contributed by atoms with E-state index in [9.17, 15) is 4.39 Å². The molecule has 0 radical (unpaired) electrons. The maximum atomic E-state index is 12.6. The number of piperidine rings is 1. The zero-order valence-electron chi connectivity index (χ0n) is 10.0. The van der Waals surface area contributed by atoms with Crippen LogP contribution in [0.1, 0.15) is 19.3 Å². The summed E-state index contributed by atoms with van der Waals surface area (Å²) < 4.78 is 12.6. The highest BCUT2D eigenvalue weighted by Crippen LogP contribution is 2.16. The van der Waals surface area contributed by atoms with Crippen molar-refractivity contribution in [2.24, 2.45) is 0 Å². The number of halogens is 1. The minimum absolute atomic E-state index is 0.263. The third-order valence-electron chi connectivity index (χ3n) is 2.39. The molecule has 1 N–H and O–H groups in total. The number of hydrogen-bond acceptors (Lipinski definition) is 3. The summed E-state index contributed by atoms with van der Waals surface area (Å²) in [4.78, 5) is 6.26. The van der Waals surface area contributed by atoms with Crippen molar-refractivity contribution in [3.63, 3.8) is 0 Å². The number of rotatable bonds is 1. The summed E-state index contributed by atoms with van der Waals surface area (Å²) in [6.07, 6.45) is 5.03. The van der Waals surface area contributed by atoms with Crippen molar-refractivity contribution in [1.82, 2.24) is 10.3 Å². The predicted octanol–water partition coefficient (Wildman–Crippen LogP) is 2.05. The van der Waals surface area contributed by atoms with Gasteiger partial charge in [-0.1, -0.05) is 0 Å². The van der Waals surface area contributed by atoms with Gasteiger partial charge < -0.3 is 10.2 Å². The fourth-order valence-corrected chi connectivity index (χ4v) is 1.68.